The van der Waals surface area contributed by atoms with Gasteiger partial charge >= 0.3 is 5.97 Å². The molecule has 2 aliphatic heterocycles. The van der Waals surface area contributed by atoms with E-state index in [1.807, 2.05) is 19.9 Å². The summed E-state index contributed by atoms with van der Waals surface area (Å²) in [6.07, 6.45) is -0.514. The van der Waals surface area contributed by atoms with Crippen LogP contribution < -0.4 is 4.74 Å². The maximum Gasteiger partial charge on any atom is 0.334 e. The number of aliphatic carboxylic acids is 1. The molecule has 2 heterocycles. The van der Waals surface area contributed by atoms with Gasteiger partial charge in [-0.2, -0.15) is 4.31 Å². The van der Waals surface area contributed by atoms with Gasteiger partial charge in [0.2, 0.25) is 10.0 Å². The van der Waals surface area contributed by atoms with E-state index in [2.05, 4.69) is 0 Å². The van der Waals surface area contributed by atoms with Gasteiger partial charge in [0.25, 0.3) is 0 Å². The van der Waals surface area contributed by atoms with Gasteiger partial charge in [-0.15, -0.1) is 0 Å². The lowest BCUT2D eigenvalue weighted by Gasteiger charge is -2.30. The summed E-state index contributed by atoms with van der Waals surface area (Å²) >= 11 is 0. The Hall–Kier alpha value is -1.64. The Labute approximate surface area is 134 Å². The molecule has 0 saturated carbocycles. The third-order valence-corrected chi connectivity index (χ3v) is 5.87. The minimum absolute atomic E-state index is 0.0531. The van der Waals surface area contributed by atoms with Crippen molar-refractivity contribution in [2.24, 2.45) is 0 Å². The summed E-state index contributed by atoms with van der Waals surface area (Å²) in [5.41, 5.74) is 0.391. The molecular formula is C15H19NO6S. The van der Waals surface area contributed by atoms with Crippen LogP contribution in [0.25, 0.3) is 0 Å². The number of nitrogens with zero attached hydrogens (tertiary/aromatic N) is 1. The number of rotatable bonds is 3. The average Bonchev–Trinajstić information content (AvgIpc) is 2.80. The third-order valence-electron chi connectivity index (χ3n) is 3.98. The maximum atomic E-state index is 12.9. The average molecular weight is 341 g/mol. The quantitative estimate of drug-likeness (QED) is 0.877. The topological polar surface area (TPSA) is 93.1 Å². The Bertz CT molecular complexity index is 742. The fourth-order valence-electron chi connectivity index (χ4n) is 2.92. The smallest absolute Gasteiger partial charge is 0.334 e. The minimum Gasteiger partial charge on any atom is -0.486 e. The standard InChI is InChI=1S/C15H19NO6S/c1-15(2)8-10-4-3-5-12(13(10)22-15)23(19,20)16-6-7-21-11(9-16)14(17)18/h3-5,11H,6-9H2,1-2H3,(H,17,18). The Morgan fingerprint density at radius 3 is 2.83 bits per heavy atom. The molecule has 7 nitrogen and oxygen atoms in total. The summed E-state index contributed by atoms with van der Waals surface area (Å²) in [7, 11) is -3.84. The zero-order valence-electron chi connectivity index (χ0n) is 13.0. The molecule has 23 heavy (non-hydrogen) atoms. The first-order valence-corrected chi connectivity index (χ1v) is 8.80. The molecule has 2 aliphatic rings. The van der Waals surface area contributed by atoms with Crippen LogP contribution in [0.3, 0.4) is 0 Å². The van der Waals surface area contributed by atoms with E-state index in [1.165, 1.54) is 6.07 Å². The predicted octanol–water partition coefficient (Wildman–Crippen LogP) is 0.874. The van der Waals surface area contributed by atoms with Crippen molar-refractivity contribution in [1.29, 1.82) is 0 Å². The molecule has 1 aromatic rings. The van der Waals surface area contributed by atoms with Crippen molar-refractivity contribution in [1.82, 2.24) is 4.31 Å². The normalized spacial score (nSPS) is 24.0. The van der Waals surface area contributed by atoms with E-state index >= 15 is 0 Å². The van der Waals surface area contributed by atoms with Crippen molar-refractivity contribution in [3.63, 3.8) is 0 Å². The SMILES string of the molecule is CC1(C)Cc2cccc(S(=O)(=O)N3CCOC(C(=O)O)C3)c2O1. The van der Waals surface area contributed by atoms with Gasteiger partial charge in [-0.05, 0) is 25.5 Å². The van der Waals surface area contributed by atoms with Gasteiger partial charge in [0.1, 0.15) is 16.2 Å². The van der Waals surface area contributed by atoms with Gasteiger partial charge in [0.15, 0.2) is 6.10 Å². The first-order chi connectivity index (χ1) is 10.7. The number of ether oxygens (including phenoxy) is 2. The molecular weight excluding hydrogens is 322 g/mol. The lowest BCUT2D eigenvalue weighted by Crippen LogP contribution is -2.48. The van der Waals surface area contributed by atoms with E-state index in [1.54, 1.807) is 6.07 Å². The van der Waals surface area contributed by atoms with E-state index in [0.717, 1.165) is 9.87 Å². The molecule has 1 unspecified atom stereocenters. The number of hydrogen-bond acceptors (Lipinski definition) is 5. The predicted molar refractivity (Wildman–Crippen MR) is 81.0 cm³/mol. The molecule has 126 valence electrons. The number of carboxylic acid groups (broad SMARTS) is 1. The molecule has 1 atom stereocenters. The second-order valence-electron chi connectivity index (χ2n) is 6.34. The van der Waals surface area contributed by atoms with Gasteiger partial charge in [0, 0.05) is 13.0 Å². The summed E-state index contributed by atoms with van der Waals surface area (Å²) in [6, 6.07) is 5.04. The molecule has 1 saturated heterocycles. The molecule has 1 fully saturated rings. The Morgan fingerprint density at radius 2 is 2.13 bits per heavy atom. The molecule has 0 bridgehead atoms. The van der Waals surface area contributed by atoms with E-state index in [4.69, 9.17) is 14.6 Å². The van der Waals surface area contributed by atoms with Crippen molar-refractivity contribution in [3.05, 3.63) is 23.8 Å². The molecule has 0 aliphatic carbocycles. The Kier molecular flexibility index (Phi) is 3.86. The van der Waals surface area contributed by atoms with Crippen LogP contribution >= 0.6 is 0 Å². The van der Waals surface area contributed by atoms with E-state index < -0.39 is 27.7 Å². The van der Waals surface area contributed by atoms with E-state index in [9.17, 15) is 13.2 Å². The maximum absolute atomic E-state index is 12.9. The molecule has 0 amide bonds. The minimum atomic E-state index is -3.84. The van der Waals surface area contributed by atoms with Crippen LogP contribution in [0.15, 0.2) is 23.1 Å². The number of benzene rings is 1. The molecule has 0 spiro atoms. The van der Waals surface area contributed by atoms with Crippen molar-refractivity contribution in [2.45, 2.75) is 36.9 Å². The number of morpholine rings is 1. The molecule has 0 aromatic heterocycles. The second kappa shape index (κ2) is 5.47. The van der Waals surface area contributed by atoms with Crippen LogP contribution in [-0.2, 0) is 26.0 Å². The zero-order valence-corrected chi connectivity index (χ0v) is 13.8. The number of carboxylic acids is 1. The van der Waals surface area contributed by atoms with Crippen LogP contribution in [0, 0.1) is 0 Å². The molecule has 1 aromatic carbocycles. The number of para-hydroxylation sites is 1. The lowest BCUT2D eigenvalue weighted by atomic mass is 10.0. The summed E-state index contributed by atoms with van der Waals surface area (Å²) in [4.78, 5) is 11.2. The number of carbonyl (C=O) groups is 1. The van der Waals surface area contributed by atoms with Crippen molar-refractivity contribution in [2.75, 3.05) is 19.7 Å². The fourth-order valence-corrected chi connectivity index (χ4v) is 4.51. The van der Waals surface area contributed by atoms with Gasteiger partial charge in [-0.1, -0.05) is 12.1 Å². The molecule has 3 rings (SSSR count). The summed E-state index contributed by atoms with van der Waals surface area (Å²) in [5, 5.41) is 9.04. The first-order valence-electron chi connectivity index (χ1n) is 7.36. The summed E-state index contributed by atoms with van der Waals surface area (Å²) < 4.78 is 37.9. The van der Waals surface area contributed by atoms with Crippen molar-refractivity contribution >= 4 is 16.0 Å². The molecule has 0 radical (unpaired) electrons. The van der Waals surface area contributed by atoms with Crippen molar-refractivity contribution in [3.8, 4) is 5.75 Å². The second-order valence-corrected chi connectivity index (χ2v) is 8.25. The zero-order chi connectivity index (χ0) is 16.8. The third kappa shape index (κ3) is 2.93. The van der Waals surface area contributed by atoms with Crippen LogP contribution in [0.1, 0.15) is 19.4 Å². The van der Waals surface area contributed by atoms with Gasteiger partial charge in [-0.3, -0.25) is 0 Å². The Balaban J connectivity index is 1.96. The highest BCUT2D eigenvalue weighted by Crippen LogP contribution is 2.40. The summed E-state index contributed by atoms with van der Waals surface area (Å²) in [5.74, 6) is -0.795. The fraction of sp³-hybridized carbons (Fsp3) is 0.533. The van der Waals surface area contributed by atoms with Crippen LogP contribution in [0.5, 0.6) is 5.75 Å². The lowest BCUT2D eigenvalue weighted by molar-refractivity contribution is -0.153. The monoisotopic (exact) mass is 341 g/mol. The number of hydrogen-bond donors (Lipinski definition) is 1. The van der Waals surface area contributed by atoms with Crippen LogP contribution in [0.4, 0.5) is 0 Å². The van der Waals surface area contributed by atoms with Crippen LogP contribution in [0.2, 0.25) is 0 Å². The van der Waals surface area contributed by atoms with Gasteiger partial charge in [0.05, 0.1) is 13.2 Å². The first kappa shape index (κ1) is 16.2. The van der Waals surface area contributed by atoms with Crippen LogP contribution in [-0.4, -0.2) is 55.2 Å². The van der Waals surface area contributed by atoms with E-state index in [0.29, 0.717) is 12.2 Å². The molecule has 1 N–H and O–H groups in total. The highest BCUT2D eigenvalue weighted by Gasteiger charge is 2.39. The highest BCUT2D eigenvalue weighted by atomic mass is 32.2. The largest absolute Gasteiger partial charge is 0.486 e. The number of fused-ring (bicyclic) bond motifs is 1. The van der Waals surface area contributed by atoms with Gasteiger partial charge < -0.3 is 14.6 Å². The van der Waals surface area contributed by atoms with Gasteiger partial charge in [-0.25, -0.2) is 13.2 Å². The Morgan fingerprint density at radius 1 is 1.39 bits per heavy atom. The number of sulfonamides is 1. The van der Waals surface area contributed by atoms with Crippen molar-refractivity contribution < 1.29 is 27.8 Å². The summed E-state index contributed by atoms with van der Waals surface area (Å²) in [6.45, 7) is 3.78. The van der Waals surface area contributed by atoms with E-state index in [-0.39, 0.29) is 24.6 Å². The molecule has 8 heteroatoms. The highest BCUT2D eigenvalue weighted by molar-refractivity contribution is 7.89.